The predicted molar refractivity (Wildman–Crippen MR) is 43.7 cm³/mol. The van der Waals surface area contributed by atoms with Crippen LogP contribution in [0.3, 0.4) is 0 Å². The molecule has 1 aliphatic carbocycles. The summed E-state index contributed by atoms with van der Waals surface area (Å²) in [6.07, 6.45) is 3.20. The Labute approximate surface area is 67.1 Å². The van der Waals surface area contributed by atoms with Crippen molar-refractivity contribution in [2.24, 2.45) is 23.3 Å². The zero-order chi connectivity index (χ0) is 8.43. The minimum absolute atomic E-state index is 0.371. The van der Waals surface area contributed by atoms with Crippen molar-refractivity contribution < 1.29 is 4.79 Å². The quantitative estimate of drug-likeness (QED) is 0.614. The first-order valence-corrected chi connectivity index (χ1v) is 4.14. The summed E-state index contributed by atoms with van der Waals surface area (Å²) in [5.41, 5.74) is 10.5. The van der Waals surface area contributed by atoms with Gasteiger partial charge in [0.15, 0.2) is 0 Å². The third kappa shape index (κ3) is 2.19. The zero-order valence-corrected chi connectivity index (χ0v) is 6.92. The summed E-state index contributed by atoms with van der Waals surface area (Å²) >= 11 is 0. The summed E-state index contributed by atoms with van der Waals surface area (Å²) < 4.78 is 0. The van der Waals surface area contributed by atoms with Gasteiger partial charge in [-0.1, -0.05) is 6.92 Å². The van der Waals surface area contributed by atoms with E-state index in [4.69, 9.17) is 11.5 Å². The van der Waals surface area contributed by atoms with Crippen LogP contribution in [0.1, 0.15) is 26.2 Å². The number of hydrogen-bond donors (Lipinski definition) is 2. The number of hydrogen-bond acceptors (Lipinski definition) is 2. The fourth-order valence-corrected chi connectivity index (χ4v) is 1.74. The van der Waals surface area contributed by atoms with Crippen molar-refractivity contribution in [3.63, 3.8) is 0 Å². The van der Waals surface area contributed by atoms with Crippen molar-refractivity contribution >= 4 is 5.91 Å². The fraction of sp³-hybridized carbons (Fsp3) is 0.875. The van der Waals surface area contributed by atoms with Crippen LogP contribution in [0.15, 0.2) is 0 Å². The highest BCUT2D eigenvalue weighted by molar-refractivity contribution is 5.79. The first kappa shape index (κ1) is 8.53. The van der Waals surface area contributed by atoms with E-state index in [2.05, 4.69) is 6.92 Å². The molecule has 0 saturated heterocycles. The first-order chi connectivity index (χ1) is 5.09. The molecule has 11 heavy (non-hydrogen) atoms. The first-order valence-electron chi connectivity index (χ1n) is 4.14. The van der Waals surface area contributed by atoms with Crippen molar-refractivity contribution in [2.45, 2.75) is 32.2 Å². The van der Waals surface area contributed by atoms with Crippen LogP contribution in [0.2, 0.25) is 0 Å². The molecule has 3 heteroatoms. The monoisotopic (exact) mass is 156 g/mol. The van der Waals surface area contributed by atoms with Gasteiger partial charge in [-0.3, -0.25) is 4.79 Å². The second-order valence-corrected chi connectivity index (χ2v) is 3.69. The Morgan fingerprint density at radius 2 is 2.18 bits per heavy atom. The average molecular weight is 156 g/mol. The van der Waals surface area contributed by atoms with Crippen molar-refractivity contribution in [1.82, 2.24) is 0 Å². The second kappa shape index (κ2) is 3.22. The number of amides is 1. The Balaban J connectivity index is 2.16. The van der Waals surface area contributed by atoms with Crippen molar-refractivity contribution in [2.75, 3.05) is 0 Å². The van der Waals surface area contributed by atoms with E-state index in [0.29, 0.717) is 5.92 Å². The molecule has 64 valence electrons. The Kier molecular flexibility index (Phi) is 2.49. The van der Waals surface area contributed by atoms with Gasteiger partial charge in [-0.25, -0.2) is 0 Å². The van der Waals surface area contributed by atoms with Crippen LogP contribution in [0, 0.1) is 11.8 Å². The van der Waals surface area contributed by atoms with Gasteiger partial charge in [-0.15, -0.1) is 0 Å². The summed E-state index contributed by atoms with van der Waals surface area (Å²) in [6.45, 7) is 2.21. The van der Waals surface area contributed by atoms with Crippen LogP contribution in [0.25, 0.3) is 0 Å². The standard InChI is InChI=1S/C8H16N2O/c1-5-2-6(3-5)4-7(9)8(10)11/h5-7H,2-4,9H2,1H3,(H2,10,11). The molecule has 0 aromatic carbocycles. The highest BCUT2D eigenvalue weighted by Gasteiger charge is 2.27. The molecule has 1 saturated carbocycles. The van der Waals surface area contributed by atoms with E-state index in [1.165, 1.54) is 12.8 Å². The molecule has 0 aromatic heterocycles. The minimum Gasteiger partial charge on any atom is -0.368 e. The molecule has 0 aliphatic heterocycles. The lowest BCUT2D eigenvalue weighted by Gasteiger charge is -2.33. The maximum Gasteiger partial charge on any atom is 0.234 e. The molecular weight excluding hydrogens is 140 g/mol. The van der Waals surface area contributed by atoms with Crippen LogP contribution >= 0.6 is 0 Å². The van der Waals surface area contributed by atoms with Gasteiger partial charge in [0, 0.05) is 0 Å². The van der Waals surface area contributed by atoms with Gasteiger partial charge in [0.25, 0.3) is 0 Å². The number of rotatable bonds is 3. The van der Waals surface area contributed by atoms with Crippen LogP contribution < -0.4 is 11.5 Å². The molecule has 0 heterocycles. The van der Waals surface area contributed by atoms with Crippen LogP contribution in [-0.4, -0.2) is 11.9 Å². The lowest BCUT2D eigenvalue weighted by Crippen LogP contribution is -2.40. The predicted octanol–water partition coefficient (Wildman–Crippen LogP) is 0.235. The van der Waals surface area contributed by atoms with Gasteiger partial charge in [0.1, 0.15) is 0 Å². The van der Waals surface area contributed by atoms with Gasteiger partial charge >= 0.3 is 0 Å². The lowest BCUT2D eigenvalue weighted by atomic mass is 9.73. The van der Waals surface area contributed by atoms with Crippen LogP contribution in [0.5, 0.6) is 0 Å². The maximum atomic E-state index is 10.6. The van der Waals surface area contributed by atoms with Crippen molar-refractivity contribution in [3.05, 3.63) is 0 Å². The molecule has 1 unspecified atom stereocenters. The van der Waals surface area contributed by atoms with Gasteiger partial charge in [-0.05, 0) is 31.1 Å². The smallest absolute Gasteiger partial charge is 0.234 e. The Morgan fingerprint density at radius 3 is 2.55 bits per heavy atom. The van der Waals surface area contributed by atoms with E-state index in [9.17, 15) is 4.79 Å². The normalized spacial score (nSPS) is 32.5. The Hall–Kier alpha value is -0.570. The molecule has 1 fully saturated rings. The molecule has 3 nitrogen and oxygen atoms in total. The molecular formula is C8H16N2O. The van der Waals surface area contributed by atoms with Crippen molar-refractivity contribution in [1.29, 1.82) is 0 Å². The summed E-state index contributed by atoms with van der Waals surface area (Å²) in [5.74, 6) is 1.09. The SMILES string of the molecule is CC1CC(CC(N)C(N)=O)C1. The molecule has 0 aromatic rings. The maximum absolute atomic E-state index is 10.6. The molecule has 1 atom stereocenters. The van der Waals surface area contributed by atoms with Gasteiger partial charge in [0.2, 0.25) is 5.91 Å². The molecule has 1 amide bonds. The topological polar surface area (TPSA) is 69.1 Å². The highest BCUT2D eigenvalue weighted by Crippen LogP contribution is 2.35. The van der Waals surface area contributed by atoms with Gasteiger partial charge in [0.05, 0.1) is 6.04 Å². The Bertz CT molecular complexity index is 152. The van der Waals surface area contributed by atoms with E-state index in [0.717, 1.165) is 12.3 Å². The Morgan fingerprint density at radius 1 is 1.64 bits per heavy atom. The molecule has 0 bridgehead atoms. The summed E-state index contributed by atoms with van der Waals surface area (Å²) in [5, 5.41) is 0. The largest absolute Gasteiger partial charge is 0.368 e. The number of carbonyl (C=O) groups excluding carboxylic acids is 1. The van der Waals surface area contributed by atoms with E-state index in [1.807, 2.05) is 0 Å². The molecule has 1 aliphatic rings. The summed E-state index contributed by atoms with van der Waals surface area (Å²) in [7, 11) is 0. The molecule has 4 N–H and O–H groups in total. The second-order valence-electron chi connectivity index (χ2n) is 3.69. The lowest BCUT2D eigenvalue weighted by molar-refractivity contribution is -0.119. The zero-order valence-electron chi connectivity index (χ0n) is 6.92. The van der Waals surface area contributed by atoms with E-state index < -0.39 is 6.04 Å². The molecule has 0 spiro atoms. The van der Waals surface area contributed by atoms with E-state index in [-0.39, 0.29) is 5.91 Å². The van der Waals surface area contributed by atoms with Gasteiger partial charge in [-0.2, -0.15) is 0 Å². The van der Waals surface area contributed by atoms with Crippen LogP contribution in [-0.2, 0) is 4.79 Å². The van der Waals surface area contributed by atoms with Crippen LogP contribution in [0.4, 0.5) is 0 Å². The fourth-order valence-electron chi connectivity index (χ4n) is 1.74. The average Bonchev–Trinajstić information content (AvgIpc) is 1.84. The third-order valence-electron chi connectivity index (χ3n) is 2.42. The minimum atomic E-state index is -0.424. The van der Waals surface area contributed by atoms with Gasteiger partial charge < -0.3 is 11.5 Å². The summed E-state index contributed by atoms with van der Waals surface area (Å²) in [4.78, 5) is 10.6. The molecule has 1 rings (SSSR count). The number of primary amides is 1. The third-order valence-corrected chi connectivity index (χ3v) is 2.42. The highest BCUT2D eigenvalue weighted by atomic mass is 16.1. The number of carbonyl (C=O) groups is 1. The number of nitrogens with two attached hydrogens (primary N) is 2. The van der Waals surface area contributed by atoms with Crippen molar-refractivity contribution in [3.8, 4) is 0 Å². The van der Waals surface area contributed by atoms with E-state index in [1.54, 1.807) is 0 Å². The molecule has 0 radical (unpaired) electrons. The summed E-state index contributed by atoms with van der Waals surface area (Å²) in [6, 6.07) is -0.424. The van der Waals surface area contributed by atoms with E-state index >= 15 is 0 Å².